The SMILES string of the molecule is CC[Si](C)(C)O[Si]1(CC(C)C)O[Si]2(CC(C)C)O[Si](CC(C)C)(O[Si](C)(C)CC)O[Si]3(CC(C)C)O[Si](CC(C)C)(O[Si](C)(C)CC)O[Si](CC(C)C)(O1)O[Si](CC(C)C)(O2)O3. The van der Waals surface area contributed by atoms with Gasteiger partial charge >= 0.3 is 61.6 Å². The van der Waals surface area contributed by atoms with Crippen molar-refractivity contribution >= 4 is 86.6 Å². The third-order valence-corrected chi connectivity index (χ3v) is 58.3. The fourth-order valence-corrected chi connectivity index (χ4v) is 62.7. The van der Waals surface area contributed by atoms with Gasteiger partial charge in [-0.2, -0.15) is 0 Å². The highest BCUT2D eigenvalue weighted by molar-refractivity contribution is 7.01. The number of hydrogen-bond donors (Lipinski definition) is 0. The van der Waals surface area contributed by atoms with Crippen molar-refractivity contribution in [3.05, 3.63) is 0 Å². The zero-order valence-electron chi connectivity index (χ0n) is 44.0. The van der Waals surface area contributed by atoms with Crippen LogP contribution in [0.25, 0.3) is 0 Å². The molecule has 0 N–H and O–H groups in total. The van der Waals surface area contributed by atoms with Crippen molar-refractivity contribution < 1.29 is 49.4 Å². The summed E-state index contributed by atoms with van der Waals surface area (Å²) in [7, 11) is -35.2. The van der Waals surface area contributed by atoms with Crippen LogP contribution >= 0.6 is 0 Å². The fraction of sp³-hybridized carbons (Fsp3) is 1.00. The van der Waals surface area contributed by atoms with E-state index in [0.29, 0.717) is 42.3 Å². The molecule has 3 heterocycles. The molecule has 62 heavy (non-hydrogen) atoms. The van der Waals surface area contributed by atoms with E-state index in [0.717, 1.165) is 18.1 Å². The first-order chi connectivity index (χ1) is 28.1. The summed E-state index contributed by atoms with van der Waals surface area (Å²) in [5.74, 6) is 0.907. The molecular formula is C40H96O12Si10. The Morgan fingerprint density at radius 3 is 0.597 bits per heavy atom. The molecule has 3 fully saturated rings. The zero-order chi connectivity index (χ0) is 47.6. The van der Waals surface area contributed by atoms with Crippen LogP contribution in [-0.4, -0.2) is 86.6 Å². The van der Waals surface area contributed by atoms with Gasteiger partial charge in [0.15, 0.2) is 25.0 Å². The van der Waals surface area contributed by atoms with Crippen molar-refractivity contribution in [1.29, 1.82) is 0 Å². The van der Waals surface area contributed by atoms with Gasteiger partial charge in [0.2, 0.25) is 0 Å². The summed E-state index contributed by atoms with van der Waals surface area (Å²) in [4.78, 5) is 0. The minimum Gasteiger partial charge on any atom is -0.416 e. The lowest BCUT2D eigenvalue weighted by Crippen LogP contribution is -2.84. The van der Waals surface area contributed by atoms with E-state index in [-0.39, 0.29) is 41.4 Å². The average Bonchev–Trinajstić information content (AvgIpc) is 2.99. The zero-order valence-corrected chi connectivity index (χ0v) is 54.0. The topological polar surface area (TPSA) is 111 Å². The monoisotopic (exact) mass is 1050 g/mol. The maximum Gasteiger partial charge on any atom is 0.479 e. The van der Waals surface area contributed by atoms with Gasteiger partial charge in [0.05, 0.1) is 0 Å². The summed E-state index contributed by atoms with van der Waals surface area (Å²) in [6.07, 6.45) is 0. The molecule has 0 aromatic heterocycles. The lowest BCUT2D eigenvalue weighted by Gasteiger charge is -2.60. The molecule has 0 spiro atoms. The molecule has 4 bridgehead atoms. The molecule has 0 aliphatic carbocycles. The quantitative estimate of drug-likeness (QED) is 0.0909. The smallest absolute Gasteiger partial charge is 0.416 e. The van der Waals surface area contributed by atoms with E-state index in [1.165, 1.54) is 0 Å². The highest BCUT2D eigenvalue weighted by atomic mass is 28.6. The second-order valence-corrected chi connectivity index (χ2v) is 58.4. The molecule has 22 heteroatoms. The highest BCUT2D eigenvalue weighted by Gasteiger charge is 2.78. The number of fused-ring (bicyclic) bond motifs is 3. The molecular weight excluding hydrogens is 953 g/mol. The maximum atomic E-state index is 8.11. The molecule has 0 aromatic rings. The van der Waals surface area contributed by atoms with E-state index in [4.69, 9.17) is 49.4 Å². The Morgan fingerprint density at radius 1 is 0.290 bits per heavy atom. The second-order valence-electron chi connectivity index (χ2n) is 23.5. The largest absolute Gasteiger partial charge is 0.479 e. The Hall–Kier alpha value is 1.69. The van der Waals surface area contributed by atoms with E-state index in [1.807, 2.05) is 0 Å². The Labute approximate surface area is 392 Å². The molecule has 0 saturated carbocycles. The fourth-order valence-electron chi connectivity index (χ4n) is 8.42. The van der Waals surface area contributed by atoms with Crippen LogP contribution in [-0.2, 0) is 49.4 Å². The van der Waals surface area contributed by atoms with Gasteiger partial charge in [-0.25, -0.2) is 0 Å². The number of hydrogen-bond acceptors (Lipinski definition) is 12. The highest BCUT2D eigenvalue weighted by Crippen LogP contribution is 2.52. The predicted molar refractivity (Wildman–Crippen MR) is 275 cm³/mol. The van der Waals surface area contributed by atoms with Crippen molar-refractivity contribution in [3.8, 4) is 0 Å². The molecule has 0 unspecified atom stereocenters. The summed E-state index contributed by atoms with van der Waals surface area (Å²) in [6.45, 7) is 51.3. The molecule has 0 aromatic carbocycles. The molecule has 3 aliphatic heterocycles. The number of rotatable bonds is 23. The van der Waals surface area contributed by atoms with Crippen molar-refractivity contribution in [2.75, 3.05) is 0 Å². The summed E-state index contributed by atoms with van der Waals surface area (Å²) < 4.78 is 96.0. The van der Waals surface area contributed by atoms with Gasteiger partial charge in [0.25, 0.3) is 0 Å². The first-order valence-electron chi connectivity index (χ1n) is 24.5. The predicted octanol–water partition coefficient (Wildman–Crippen LogP) is 13.1. The van der Waals surface area contributed by atoms with Crippen LogP contribution in [0.2, 0.25) is 99.7 Å². The second kappa shape index (κ2) is 21.8. The summed E-state index contributed by atoms with van der Waals surface area (Å²) >= 11 is 0. The third-order valence-electron chi connectivity index (χ3n) is 11.3. The van der Waals surface area contributed by atoms with Gasteiger partial charge in [-0.1, -0.05) is 118 Å². The summed E-state index contributed by atoms with van der Waals surface area (Å²) in [6, 6.07) is 6.22. The van der Waals surface area contributed by atoms with Gasteiger partial charge in [-0.15, -0.1) is 0 Å². The van der Waals surface area contributed by atoms with Gasteiger partial charge in [-0.3, -0.25) is 0 Å². The first kappa shape index (κ1) is 58.0. The van der Waals surface area contributed by atoms with Crippen molar-refractivity contribution in [3.63, 3.8) is 0 Å². The van der Waals surface area contributed by atoms with E-state index in [2.05, 4.69) is 157 Å². The van der Waals surface area contributed by atoms with Crippen LogP contribution < -0.4 is 0 Å². The van der Waals surface area contributed by atoms with E-state index in [1.54, 1.807) is 0 Å². The van der Waals surface area contributed by atoms with Gasteiger partial charge in [0.1, 0.15) is 0 Å². The lowest BCUT2D eigenvalue weighted by atomic mass is 10.3. The Bertz CT molecular complexity index is 1240. The molecule has 0 atom stereocenters. The van der Waals surface area contributed by atoms with Crippen LogP contribution in [0.4, 0.5) is 0 Å². The minimum absolute atomic E-state index is 0.114. The molecule has 368 valence electrons. The van der Waals surface area contributed by atoms with Crippen LogP contribution in [0, 0.1) is 41.4 Å². The summed E-state index contributed by atoms with van der Waals surface area (Å²) in [5, 5.41) is 0. The third kappa shape index (κ3) is 16.4. The molecule has 12 nitrogen and oxygen atoms in total. The molecule has 3 saturated heterocycles. The molecule has 0 radical (unpaired) electrons. The summed E-state index contributed by atoms with van der Waals surface area (Å²) in [5.41, 5.74) is 0. The van der Waals surface area contributed by atoms with Crippen LogP contribution in [0.3, 0.4) is 0 Å². The minimum atomic E-state index is -4.03. The Balaban J connectivity index is 2.84. The maximum absolute atomic E-state index is 8.11. The van der Waals surface area contributed by atoms with Crippen molar-refractivity contribution in [1.82, 2.24) is 0 Å². The van der Waals surface area contributed by atoms with Crippen molar-refractivity contribution in [2.24, 2.45) is 41.4 Å². The van der Waals surface area contributed by atoms with E-state index < -0.39 is 86.6 Å². The van der Waals surface area contributed by atoms with Gasteiger partial charge < -0.3 is 49.4 Å². The Morgan fingerprint density at radius 2 is 0.452 bits per heavy atom. The lowest BCUT2D eigenvalue weighted by molar-refractivity contribution is 0.00647. The molecule has 3 rings (SSSR count). The van der Waals surface area contributed by atoms with Gasteiger partial charge in [-0.05, 0) is 98.8 Å². The van der Waals surface area contributed by atoms with Crippen LogP contribution in [0.15, 0.2) is 0 Å². The Kier molecular flexibility index (Phi) is 20.4. The van der Waals surface area contributed by atoms with Crippen LogP contribution in [0.1, 0.15) is 118 Å². The average molecular weight is 1050 g/mol. The van der Waals surface area contributed by atoms with E-state index >= 15 is 0 Å². The standard InChI is InChI=1S/C40H96O12Si10/c1-24-53(18,19)41-56(27-34(4)5)44-59(30-37(10)11)46-57(28-35(6)7,42-54(20,21)25-2)48-61(32-39(14)15)49-58(29-36(8)9,43-55(22,23)26-3)47-60(45-56,31-38(12)13)51-62(50-59,52-61)33-40(16)17/h34-40H,24-33H2,1-23H3. The molecule has 3 aliphatic rings. The molecule has 0 amide bonds. The van der Waals surface area contributed by atoms with E-state index in [9.17, 15) is 0 Å². The van der Waals surface area contributed by atoms with Crippen molar-refractivity contribution in [2.45, 2.75) is 217 Å². The van der Waals surface area contributed by atoms with Gasteiger partial charge in [0, 0.05) is 42.3 Å². The normalized spacial score (nSPS) is 34.2. The van der Waals surface area contributed by atoms with Crippen LogP contribution in [0.5, 0.6) is 0 Å². The first-order valence-corrected chi connectivity index (χ1v) is 47.4.